The van der Waals surface area contributed by atoms with Gasteiger partial charge in [0.25, 0.3) is 0 Å². The van der Waals surface area contributed by atoms with E-state index in [1.807, 2.05) is 0 Å². The fourth-order valence-electron chi connectivity index (χ4n) is 0.974. The summed E-state index contributed by atoms with van der Waals surface area (Å²) in [6.07, 6.45) is 0.389. The van der Waals surface area contributed by atoms with E-state index in [1.54, 1.807) is 19.1 Å². The second kappa shape index (κ2) is 3.73. The molecule has 1 unspecified atom stereocenters. The Morgan fingerprint density at radius 1 is 1.67 bits per heavy atom. The lowest BCUT2D eigenvalue weighted by atomic mass is 10.0. The molecule has 1 heterocycles. The number of halogens is 2. The Morgan fingerprint density at radius 3 is 2.67 bits per heavy atom. The number of thiophene rings is 1. The van der Waals surface area contributed by atoms with Crippen molar-refractivity contribution in [1.82, 2.24) is 0 Å². The van der Waals surface area contributed by atoms with Crippen LogP contribution in [0.5, 0.6) is 0 Å². The zero-order valence-electron chi connectivity index (χ0n) is 6.81. The van der Waals surface area contributed by atoms with E-state index in [4.69, 9.17) is 17.3 Å². The molecule has 0 amide bonds. The molecule has 0 spiro atoms. The molecule has 2 N–H and O–H groups in total. The third kappa shape index (κ3) is 1.79. The first-order valence-electron chi connectivity index (χ1n) is 3.77. The molecule has 0 saturated carbocycles. The molecule has 0 radical (unpaired) electrons. The predicted octanol–water partition coefficient (Wildman–Crippen LogP) is 2.94. The lowest BCUT2D eigenvalue weighted by molar-refractivity contribution is 0.174. The van der Waals surface area contributed by atoms with Crippen molar-refractivity contribution in [2.24, 2.45) is 5.73 Å². The van der Waals surface area contributed by atoms with Gasteiger partial charge in [-0.1, -0.05) is 18.5 Å². The largest absolute Gasteiger partial charge is 0.327 e. The van der Waals surface area contributed by atoms with Crippen molar-refractivity contribution >= 4 is 22.9 Å². The second-order valence-electron chi connectivity index (χ2n) is 2.63. The minimum atomic E-state index is -1.39. The first-order valence-corrected chi connectivity index (χ1v) is 4.96. The van der Waals surface area contributed by atoms with Crippen LogP contribution in [-0.4, -0.2) is 6.54 Å². The topological polar surface area (TPSA) is 26.0 Å². The zero-order valence-corrected chi connectivity index (χ0v) is 8.38. The van der Waals surface area contributed by atoms with Crippen LogP contribution in [0.2, 0.25) is 4.34 Å². The normalized spacial score (nSPS) is 16.0. The van der Waals surface area contributed by atoms with Crippen LogP contribution >= 0.6 is 22.9 Å². The Morgan fingerprint density at radius 2 is 2.33 bits per heavy atom. The van der Waals surface area contributed by atoms with Crippen LogP contribution in [0.25, 0.3) is 0 Å². The minimum Gasteiger partial charge on any atom is -0.327 e. The van der Waals surface area contributed by atoms with Gasteiger partial charge < -0.3 is 5.73 Å². The van der Waals surface area contributed by atoms with E-state index >= 15 is 0 Å². The van der Waals surface area contributed by atoms with Crippen molar-refractivity contribution < 1.29 is 4.39 Å². The minimum absolute atomic E-state index is 0.0142. The quantitative estimate of drug-likeness (QED) is 0.811. The van der Waals surface area contributed by atoms with Gasteiger partial charge in [-0.05, 0) is 18.6 Å². The van der Waals surface area contributed by atoms with Crippen molar-refractivity contribution in [3.8, 4) is 0 Å². The maximum atomic E-state index is 13.8. The van der Waals surface area contributed by atoms with Crippen molar-refractivity contribution in [3.63, 3.8) is 0 Å². The van der Waals surface area contributed by atoms with Gasteiger partial charge in [-0.2, -0.15) is 0 Å². The van der Waals surface area contributed by atoms with Crippen molar-refractivity contribution in [3.05, 3.63) is 21.3 Å². The molecule has 1 atom stereocenters. The Labute approximate surface area is 80.3 Å². The number of nitrogens with two attached hydrogens (primary N) is 1. The zero-order chi connectivity index (χ0) is 9.19. The SMILES string of the molecule is CCC(F)(CN)c1ccc(Cl)s1. The summed E-state index contributed by atoms with van der Waals surface area (Å²) in [4.78, 5) is 0.623. The second-order valence-corrected chi connectivity index (χ2v) is 4.34. The number of hydrogen-bond donors (Lipinski definition) is 1. The van der Waals surface area contributed by atoms with Gasteiger partial charge in [0.15, 0.2) is 5.67 Å². The van der Waals surface area contributed by atoms with E-state index in [9.17, 15) is 4.39 Å². The van der Waals surface area contributed by atoms with Gasteiger partial charge in [-0.3, -0.25) is 0 Å². The summed E-state index contributed by atoms with van der Waals surface area (Å²) >= 11 is 6.95. The van der Waals surface area contributed by atoms with Gasteiger partial charge in [-0.15, -0.1) is 11.3 Å². The van der Waals surface area contributed by atoms with E-state index in [0.717, 1.165) is 0 Å². The molecular formula is C8H11ClFNS. The fraction of sp³-hybridized carbons (Fsp3) is 0.500. The molecule has 0 aliphatic heterocycles. The van der Waals surface area contributed by atoms with Crippen LogP contribution in [-0.2, 0) is 5.67 Å². The highest BCUT2D eigenvalue weighted by Gasteiger charge is 2.29. The van der Waals surface area contributed by atoms with E-state index < -0.39 is 5.67 Å². The predicted molar refractivity (Wildman–Crippen MR) is 51.5 cm³/mol. The Kier molecular flexibility index (Phi) is 3.09. The highest BCUT2D eigenvalue weighted by Crippen LogP contribution is 2.35. The fourth-order valence-corrected chi connectivity index (χ4v) is 2.18. The van der Waals surface area contributed by atoms with E-state index in [1.165, 1.54) is 11.3 Å². The van der Waals surface area contributed by atoms with Crippen LogP contribution in [0.4, 0.5) is 4.39 Å². The van der Waals surface area contributed by atoms with Crippen LogP contribution in [0.3, 0.4) is 0 Å². The monoisotopic (exact) mass is 207 g/mol. The average molecular weight is 208 g/mol. The molecule has 0 saturated heterocycles. The highest BCUT2D eigenvalue weighted by molar-refractivity contribution is 7.16. The summed E-state index contributed by atoms with van der Waals surface area (Å²) in [6.45, 7) is 1.79. The molecule has 0 aliphatic carbocycles. The van der Waals surface area contributed by atoms with Gasteiger partial charge in [0.1, 0.15) is 0 Å². The molecule has 1 aromatic rings. The molecule has 1 aromatic heterocycles. The number of hydrogen-bond acceptors (Lipinski definition) is 2. The third-order valence-corrected chi connectivity index (χ3v) is 3.31. The van der Waals surface area contributed by atoms with Gasteiger partial charge in [0, 0.05) is 11.4 Å². The molecular weight excluding hydrogens is 197 g/mol. The molecule has 1 rings (SSSR count). The number of alkyl halides is 1. The molecule has 0 aromatic carbocycles. The molecule has 68 valence electrons. The van der Waals surface area contributed by atoms with E-state index in [-0.39, 0.29) is 6.54 Å². The van der Waals surface area contributed by atoms with Gasteiger partial charge >= 0.3 is 0 Å². The lowest BCUT2D eigenvalue weighted by Crippen LogP contribution is -2.28. The molecule has 0 bridgehead atoms. The molecule has 4 heteroatoms. The summed E-state index contributed by atoms with van der Waals surface area (Å²) in [6, 6.07) is 3.39. The summed E-state index contributed by atoms with van der Waals surface area (Å²) in [5, 5.41) is 0. The van der Waals surface area contributed by atoms with Crippen molar-refractivity contribution in [2.45, 2.75) is 19.0 Å². The molecule has 0 fully saturated rings. The Hall–Kier alpha value is -0.120. The first kappa shape index (κ1) is 9.96. The number of rotatable bonds is 3. The van der Waals surface area contributed by atoms with Crippen LogP contribution < -0.4 is 5.73 Å². The summed E-state index contributed by atoms with van der Waals surface area (Å²) in [7, 11) is 0. The summed E-state index contributed by atoms with van der Waals surface area (Å²) in [5.41, 5.74) is 3.96. The standard InChI is InChI=1S/C8H11ClFNS/c1-2-8(10,5-11)6-3-4-7(9)12-6/h3-4H,2,5,11H2,1H3. The Bertz CT molecular complexity index is 257. The smallest absolute Gasteiger partial charge is 0.156 e. The summed E-state index contributed by atoms with van der Waals surface area (Å²) < 4.78 is 14.4. The third-order valence-electron chi connectivity index (χ3n) is 1.90. The van der Waals surface area contributed by atoms with Crippen molar-refractivity contribution in [1.29, 1.82) is 0 Å². The maximum absolute atomic E-state index is 13.8. The molecule has 12 heavy (non-hydrogen) atoms. The van der Waals surface area contributed by atoms with Crippen molar-refractivity contribution in [2.75, 3.05) is 6.54 Å². The molecule has 1 nitrogen and oxygen atoms in total. The first-order chi connectivity index (χ1) is 5.62. The van der Waals surface area contributed by atoms with Crippen LogP contribution in [0.1, 0.15) is 18.2 Å². The van der Waals surface area contributed by atoms with E-state index in [0.29, 0.717) is 15.6 Å². The van der Waals surface area contributed by atoms with Gasteiger partial charge in [0.05, 0.1) is 4.34 Å². The maximum Gasteiger partial charge on any atom is 0.156 e. The summed E-state index contributed by atoms with van der Waals surface area (Å²) in [5.74, 6) is 0. The van der Waals surface area contributed by atoms with Gasteiger partial charge in [-0.25, -0.2) is 4.39 Å². The van der Waals surface area contributed by atoms with Crippen LogP contribution in [0.15, 0.2) is 12.1 Å². The highest BCUT2D eigenvalue weighted by atomic mass is 35.5. The lowest BCUT2D eigenvalue weighted by Gasteiger charge is -2.19. The molecule has 0 aliphatic rings. The van der Waals surface area contributed by atoms with Gasteiger partial charge in [0.2, 0.25) is 0 Å². The van der Waals surface area contributed by atoms with Crippen LogP contribution in [0, 0.1) is 0 Å². The average Bonchev–Trinajstić information content (AvgIpc) is 2.51. The Balaban J connectivity index is 2.94. The van der Waals surface area contributed by atoms with E-state index in [2.05, 4.69) is 0 Å².